The third-order valence-electron chi connectivity index (χ3n) is 3.61. The fourth-order valence-electron chi connectivity index (χ4n) is 2.29. The van der Waals surface area contributed by atoms with Crippen LogP contribution in [0.15, 0.2) is 17.0 Å². The van der Waals surface area contributed by atoms with Crippen molar-refractivity contribution in [2.24, 2.45) is 11.3 Å². The van der Waals surface area contributed by atoms with Gasteiger partial charge in [-0.05, 0) is 52.9 Å². The molecule has 4 heteroatoms. The summed E-state index contributed by atoms with van der Waals surface area (Å²) in [6, 6.07) is 0. The molecule has 2 aliphatic carbocycles. The Morgan fingerprint density at radius 3 is 2.87 bits per heavy atom. The lowest BCUT2D eigenvalue weighted by Crippen LogP contribution is -2.18. The average molecular weight is 268 g/mol. The Hall–Kier alpha value is -0.640. The van der Waals surface area contributed by atoms with Crippen LogP contribution in [0.3, 0.4) is 0 Å². The fourth-order valence-corrected chi connectivity index (χ4v) is 2.65. The number of anilines is 1. The molecule has 1 aromatic heterocycles. The second-order valence-electron chi connectivity index (χ2n) is 4.71. The number of hydrogen-bond acceptors (Lipinski definition) is 3. The van der Waals surface area contributed by atoms with Gasteiger partial charge in [0.2, 0.25) is 0 Å². The van der Waals surface area contributed by atoms with Gasteiger partial charge in [0.05, 0.1) is 4.47 Å². The standard InChI is InChI=1S/C11H14BrN3/c12-9-5-13-7-15-10(9)14-6-11(3-4-11)8-1-2-8/h5,7-8H,1-4,6H2,(H,13,14,15). The molecule has 0 spiro atoms. The zero-order chi connectivity index (χ0) is 10.3. The van der Waals surface area contributed by atoms with E-state index in [0.717, 1.165) is 22.8 Å². The van der Waals surface area contributed by atoms with Gasteiger partial charge in [0.1, 0.15) is 12.1 Å². The van der Waals surface area contributed by atoms with Crippen LogP contribution in [0.25, 0.3) is 0 Å². The third-order valence-corrected chi connectivity index (χ3v) is 4.19. The molecule has 2 aliphatic rings. The van der Waals surface area contributed by atoms with Gasteiger partial charge >= 0.3 is 0 Å². The summed E-state index contributed by atoms with van der Waals surface area (Å²) in [7, 11) is 0. The Balaban J connectivity index is 1.64. The molecule has 0 amide bonds. The minimum atomic E-state index is 0.615. The monoisotopic (exact) mass is 267 g/mol. The lowest BCUT2D eigenvalue weighted by atomic mass is 10.0. The Morgan fingerprint density at radius 2 is 2.27 bits per heavy atom. The molecule has 1 heterocycles. The maximum Gasteiger partial charge on any atom is 0.143 e. The van der Waals surface area contributed by atoms with Crippen molar-refractivity contribution in [1.29, 1.82) is 0 Å². The predicted molar refractivity (Wildman–Crippen MR) is 62.6 cm³/mol. The van der Waals surface area contributed by atoms with Crippen LogP contribution >= 0.6 is 15.9 Å². The van der Waals surface area contributed by atoms with Crippen LogP contribution in [-0.2, 0) is 0 Å². The summed E-state index contributed by atoms with van der Waals surface area (Å²) in [6.07, 6.45) is 9.04. The Morgan fingerprint density at radius 1 is 1.47 bits per heavy atom. The number of nitrogens with one attached hydrogen (secondary N) is 1. The second kappa shape index (κ2) is 3.44. The van der Waals surface area contributed by atoms with Crippen molar-refractivity contribution in [3.8, 4) is 0 Å². The van der Waals surface area contributed by atoms with E-state index in [1.807, 2.05) is 0 Å². The Kier molecular flexibility index (Phi) is 2.20. The number of halogens is 1. The highest BCUT2D eigenvalue weighted by Gasteiger charge is 2.53. The maximum atomic E-state index is 4.22. The number of hydrogen-bond donors (Lipinski definition) is 1. The van der Waals surface area contributed by atoms with E-state index in [4.69, 9.17) is 0 Å². The van der Waals surface area contributed by atoms with Crippen molar-refractivity contribution < 1.29 is 0 Å². The van der Waals surface area contributed by atoms with Gasteiger partial charge in [-0.25, -0.2) is 9.97 Å². The Bertz CT molecular complexity index is 372. The minimum absolute atomic E-state index is 0.615. The first kappa shape index (κ1) is 9.58. The molecule has 0 radical (unpaired) electrons. The van der Waals surface area contributed by atoms with Crippen molar-refractivity contribution in [3.05, 3.63) is 17.0 Å². The van der Waals surface area contributed by atoms with Crippen LogP contribution in [0, 0.1) is 11.3 Å². The molecule has 80 valence electrons. The molecule has 3 rings (SSSR count). The minimum Gasteiger partial charge on any atom is -0.368 e. The molecule has 0 bridgehead atoms. The van der Waals surface area contributed by atoms with E-state index in [9.17, 15) is 0 Å². The van der Waals surface area contributed by atoms with Gasteiger partial charge in [-0.15, -0.1) is 0 Å². The molecule has 0 saturated heterocycles. The lowest BCUT2D eigenvalue weighted by Gasteiger charge is -2.15. The van der Waals surface area contributed by atoms with Crippen LogP contribution in [0.5, 0.6) is 0 Å². The molecule has 0 unspecified atom stereocenters. The van der Waals surface area contributed by atoms with E-state index >= 15 is 0 Å². The molecule has 1 N–H and O–H groups in total. The first-order chi connectivity index (χ1) is 7.30. The van der Waals surface area contributed by atoms with Gasteiger partial charge in [-0.3, -0.25) is 0 Å². The van der Waals surface area contributed by atoms with Crippen LogP contribution < -0.4 is 5.32 Å². The zero-order valence-electron chi connectivity index (χ0n) is 8.54. The molecule has 2 fully saturated rings. The Labute approximate surface area is 97.8 Å². The molecular weight excluding hydrogens is 254 g/mol. The maximum absolute atomic E-state index is 4.22. The molecule has 2 saturated carbocycles. The van der Waals surface area contributed by atoms with Gasteiger partial charge < -0.3 is 5.32 Å². The number of rotatable bonds is 4. The third kappa shape index (κ3) is 1.87. The summed E-state index contributed by atoms with van der Waals surface area (Å²) >= 11 is 3.45. The molecular formula is C11H14BrN3. The quantitative estimate of drug-likeness (QED) is 0.912. The summed E-state index contributed by atoms with van der Waals surface area (Å²) in [6.45, 7) is 1.08. The lowest BCUT2D eigenvalue weighted by molar-refractivity contribution is 0.466. The smallest absolute Gasteiger partial charge is 0.143 e. The highest BCUT2D eigenvalue weighted by molar-refractivity contribution is 9.10. The van der Waals surface area contributed by atoms with E-state index in [1.165, 1.54) is 25.7 Å². The molecule has 0 atom stereocenters. The predicted octanol–water partition coefficient (Wildman–Crippen LogP) is 2.84. The molecule has 0 aromatic carbocycles. The van der Waals surface area contributed by atoms with E-state index in [1.54, 1.807) is 12.5 Å². The fraction of sp³-hybridized carbons (Fsp3) is 0.636. The number of aromatic nitrogens is 2. The molecule has 1 aromatic rings. The second-order valence-corrected chi connectivity index (χ2v) is 5.56. The summed E-state index contributed by atoms with van der Waals surface area (Å²) in [5, 5.41) is 3.44. The van der Waals surface area contributed by atoms with Gasteiger partial charge in [0, 0.05) is 12.7 Å². The highest BCUT2D eigenvalue weighted by Crippen LogP contribution is 2.61. The van der Waals surface area contributed by atoms with Crippen molar-refractivity contribution >= 4 is 21.7 Å². The van der Waals surface area contributed by atoms with Crippen molar-refractivity contribution in [1.82, 2.24) is 9.97 Å². The van der Waals surface area contributed by atoms with Crippen LogP contribution in [-0.4, -0.2) is 16.5 Å². The van der Waals surface area contributed by atoms with E-state index in [-0.39, 0.29) is 0 Å². The topological polar surface area (TPSA) is 37.8 Å². The zero-order valence-corrected chi connectivity index (χ0v) is 10.1. The average Bonchev–Trinajstić information content (AvgIpc) is 3.10. The summed E-state index contributed by atoms with van der Waals surface area (Å²) < 4.78 is 0.955. The number of nitrogens with zero attached hydrogens (tertiary/aromatic N) is 2. The van der Waals surface area contributed by atoms with Gasteiger partial charge in [-0.1, -0.05) is 0 Å². The largest absolute Gasteiger partial charge is 0.368 e. The van der Waals surface area contributed by atoms with Crippen LogP contribution in [0.4, 0.5) is 5.82 Å². The van der Waals surface area contributed by atoms with Crippen LogP contribution in [0.1, 0.15) is 25.7 Å². The first-order valence-corrected chi connectivity index (χ1v) is 6.29. The van der Waals surface area contributed by atoms with E-state index in [2.05, 4.69) is 31.2 Å². The molecule has 15 heavy (non-hydrogen) atoms. The van der Waals surface area contributed by atoms with Gasteiger partial charge in [0.15, 0.2) is 0 Å². The van der Waals surface area contributed by atoms with Crippen LogP contribution in [0.2, 0.25) is 0 Å². The molecule has 0 aliphatic heterocycles. The highest BCUT2D eigenvalue weighted by atomic mass is 79.9. The van der Waals surface area contributed by atoms with Gasteiger partial charge in [0.25, 0.3) is 0 Å². The molecule has 3 nitrogen and oxygen atoms in total. The van der Waals surface area contributed by atoms with Crippen molar-refractivity contribution in [3.63, 3.8) is 0 Å². The normalized spacial score (nSPS) is 22.5. The van der Waals surface area contributed by atoms with Crippen molar-refractivity contribution in [2.75, 3.05) is 11.9 Å². The first-order valence-electron chi connectivity index (χ1n) is 5.50. The summed E-state index contributed by atoms with van der Waals surface area (Å²) in [4.78, 5) is 8.17. The SMILES string of the molecule is Brc1cncnc1NCC1(C2CC2)CC1. The summed E-state index contributed by atoms with van der Waals surface area (Å²) in [5.41, 5.74) is 0.615. The van der Waals surface area contributed by atoms with E-state index < -0.39 is 0 Å². The summed E-state index contributed by atoms with van der Waals surface area (Å²) in [5.74, 6) is 1.92. The van der Waals surface area contributed by atoms with Crippen molar-refractivity contribution in [2.45, 2.75) is 25.7 Å². The van der Waals surface area contributed by atoms with E-state index in [0.29, 0.717) is 5.41 Å². The van der Waals surface area contributed by atoms with Gasteiger partial charge in [-0.2, -0.15) is 0 Å².